The Balaban J connectivity index is 1.55. The van der Waals surface area contributed by atoms with Crippen LogP contribution in [0.3, 0.4) is 0 Å². The fourth-order valence-electron chi connectivity index (χ4n) is 3.20. The second-order valence-electron chi connectivity index (χ2n) is 6.52. The van der Waals surface area contributed by atoms with Gasteiger partial charge in [-0.1, -0.05) is 30.0 Å². The highest BCUT2D eigenvalue weighted by Gasteiger charge is 2.29. The maximum absolute atomic E-state index is 13.5. The molecule has 0 spiro atoms. The van der Waals surface area contributed by atoms with E-state index >= 15 is 0 Å². The SMILES string of the molecule is CC1CC(=O)Nc2ccccc2N1C(=O)CSc1nnnn1-c1cccc(F)c1. The lowest BCUT2D eigenvalue weighted by atomic mass is 10.2. The zero-order chi connectivity index (χ0) is 20.4. The third-order valence-corrected chi connectivity index (χ3v) is 5.35. The van der Waals surface area contributed by atoms with Gasteiger partial charge in [0.15, 0.2) is 0 Å². The van der Waals surface area contributed by atoms with E-state index in [1.165, 1.54) is 16.8 Å². The molecule has 1 aliphatic heterocycles. The van der Waals surface area contributed by atoms with Crippen LogP contribution in [-0.4, -0.2) is 43.8 Å². The summed E-state index contributed by atoms with van der Waals surface area (Å²) in [6.45, 7) is 1.83. The molecule has 0 bridgehead atoms. The summed E-state index contributed by atoms with van der Waals surface area (Å²) >= 11 is 1.15. The Kier molecular flexibility index (Phi) is 5.26. The van der Waals surface area contributed by atoms with E-state index < -0.39 is 5.82 Å². The number of fused-ring (bicyclic) bond motifs is 1. The Morgan fingerprint density at radius 1 is 1.28 bits per heavy atom. The largest absolute Gasteiger partial charge is 0.324 e. The number of carbonyl (C=O) groups excluding carboxylic acids is 2. The summed E-state index contributed by atoms with van der Waals surface area (Å²) in [5.74, 6) is -0.664. The van der Waals surface area contributed by atoms with Crippen molar-refractivity contribution in [2.24, 2.45) is 0 Å². The Bertz CT molecular complexity index is 1070. The molecule has 4 rings (SSSR count). The molecule has 0 saturated heterocycles. The summed E-state index contributed by atoms with van der Waals surface area (Å²) in [5.41, 5.74) is 1.72. The Labute approximate surface area is 170 Å². The van der Waals surface area contributed by atoms with Gasteiger partial charge in [-0.2, -0.15) is 4.68 Å². The summed E-state index contributed by atoms with van der Waals surface area (Å²) in [7, 11) is 0. The Hall–Kier alpha value is -3.27. The van der Waals surface area contributed by atoms with Crippen molar-refractivity contribution in [2.75, 3.05) is 16.0 Å². The zero-order valence-electron chi connectivity index (χ0n) is 15.4. The van der Waals surface area contributed by atoms with E-state index in [4.69, 9.17) is 0 Å². The standard InChI is InChI=1S/C19H17FN6O2S/c1-12-9-17(27)21-15-7-2-3-8-16(15)25(12)18(28)11-29-19-22-23-24-26(19)14-6-4-5-13(20)10-14/h2-8,10,12H,9,11H2,1H3,(H,21,27). The number of rotatable bonds is 4. The molecule has 3 aromatic rings. The molecule has 10 heteroatoms. The number of benzene rings is 2. The fourth-order valence-corrected chi connectivity index (χ4v) is 3.95. The number of aromatic nitrogens is 4. The van der Waals surface area contributed by atoms with E-state index in [0.717, 1.165) is 11.8 Å². The van der Waals surface area contributed by atoms with Crippen LogP contribution in [0.15, 0.2) is 53.7 Å². The van der Waals surface area contributed by atoms with Crippen molar-refractivity contribution < 1.29 is 14.0 Å². The van der Waals surface area contributed by atoms with Gasteiger partial charge in [-0.3, -0.25) is 9.59 Å². The van der Waals surface area contributed by atoms with Crippen LogP contribution in [0.4, 0.5) is 15.8 Å². The van der Waals surface area contributed by atoms with Gasteiger partial charge >= 0.3 is 0 Å². The molecule has 2 amide bonds. The van der Waals surface area contributed by atoms with Crippen LogP contribution < -0.4 is 10.2 Å². The quantitative estimate of drug-likeness (QED) is 0.663. The van der Waals surface area contributed by atoms with Gasteiger partial charge in [0.25, 0.3) is 0 Å². The number of hydrogen-bond donors (Lipinski definition) is 1. The fraction of sp³-hybridized carbons (Fsp3) is 0.211. The molecule has 1 aliphatic rings. The molecule has 148 valence electrons. The number of para-hydroxylation sites is 2. The molecule has 0 radical (unpaired) electrons. The Morgan fingerprint density at radius 2 is 2.10 bits per heavy atom. The highest BCUT2D eigenvalue weighted by Crippen LogP contribution is 2.32. The third kappa shape index (κ3) is 3.97. The summed E-state index contributed by atoms with van der Waals surface area (Å²) in [6, 6.07) is 12.8. The topological polar surface area (TPSA) is 93.0 Å². The van der Waals surface area contributed by atoms with Crippen LogP contribution in [0, 0.1) is 5.82 Å². The van der Waals surface area contributed by atoms with Gasteiger partial charge in [0.1, 0.15) is 5.82 Å². The van der Waals surface area contributed by atoms with Crippen LogP contribution in [-0.2, 0) is 9.59 Å². The first-order valence-electron chi connectivity index (χ1n) is 8.91. The molecule has 1 atom stereocenters. The van der Waals surface area contributed by atoms with E-state index in [0.29, 0.717) is 22.2 Å². The van der Waals surface area contributed by atoms with Crippen LogP contribution in [0.5, 0.6) is 0 Å². The summed E-state index contributed by atoms with van der Waals surface area (Å²) in [5, 5.41) is 14.7. The van der Waals surface area contributed by atoms with E-state index in [2.05, 4.69) is 20.8 Å². The molecule has 2 heterocycles. The van der Waals surface area contributed by atoms with Gasteiger partial charge in [0.2, 0.25) is 17.0 Å². The number of nitrogens with one attached hydrogen (secondary N) is 1. The van der Waals surface area contributed by atoms with E-state index in [1.807, 2.05) is 13.0 Å². The minimum Gasteiger partial charge on any atom is -0.324 e. The number of anilines is 2. The van der Waals surface area contributed by atoms with Gasteiger partial charge < -0.3 is 10.2 Å². The minimum atomic E-state index is -0.405. The lowest BCUT2D eigenvalue weighted by Gasteiger charge is -2.27. The smallest absolute Gasteiger partial charge is 0.237 e. The first-order valence-corrected chi connectivity index (χ1v) is 9.89. The number of tetrazole rings is 1. The summed E-state index contributed by atoms with van der Waals surface area (Å²) in [6.07, 6.45) is 0.201. The monoisotopic (exact) mass is 412 g/mol. The van der Waals surface area contributed by atoms with Crippen molar-refractivity contribution in [1.82, 2.24) is 20.2 Å². The number of amides is 2. The van der Waals surface area contributed by atoms with Crippen molar-refractivity contribution >= 4 is 35.0 Å². The van der Waals surface area contributed by atoms with Crippen LogP contribution in [0.1, 0.15) is 13.3 Å². The second kappa shape index (κ2) is 8.00. The van der Waals surface area contributed by atoms with Gasteiger partial charge in [-0.25, -0.2) is 4.39 Å². The third-order valence-electron chi connectivity index (χ3n) is 4.45. The lowest BCUT2D eigenvalue weighted by Crippen LogP contribution is -2.40. The first-order chi connectivity index (χ1) is 14.0. The predicted octanol–water partition coefficient (Wildman–Crippen LogP) is 2.66. The first kappa shape index (κ1) is 19.1. The normalized spacial score (nSPS) is 16.1. The van der Waals surface area contributed by atoms with Crippen LogP contribution >= 0.6 is 11.8 Å². The highest BCUT2D eigenvalue weighted by molar-refractivity contribution is 7.99. The summed E-state index contributed by atoms with van der Waals surface area (Å²) in [4.78, 5) is 26.8. The number of hydrogen-bond acceptors (Lipinski definition) is 6. The van der Waals surface area contributed by atoms with Crippen molar-refractivity contribution in [1.29, 1.82) is 0 Å². The average molecular weight is 412 g/mol. The second-order valence-corrected chi connectivity index (χ2v) is 7.47. The van der Waals surface area contributed by atoms with Crippen molar-refractivity contribution in [3.63, 3.8) is 0 Å². The number of halogens is 1. The maximum atomic E-state index is 13.5. The van der Waals surface area contributed by atoms with Gasteiger partial charge in [-0.15, -0.1) is 5.10 Å². The summed E-state index contributed by atoms with van der Waals surface area (Å²) < 4.78 is 14.9. The molecular formula is C19H17FN6O2S. The molecule has 1 N–H and O–H groups in total. The van der Waals surface area contributed by atoms with Crippen molar-refractivity contribution in [3.8, 4) is 5.69 Å². The van der Waals surface area contributed by atoms with Gasteiger partial charge in [0, 0.05) is 12.5 Å². The highest BCUT2D eigenvalue weighted by atomic mass is 32.2. The zero-order valence-corrected chi connectivity index (χ0v) is 16.3. The number of thioether (sulfide) groups is 1. The molecule has 1 unspecified atom stereocenters. The molecule has 0 saturated carbocycles. The molecule has 8 nitrogen and oxygen atoms in total. The van der Waals surface area contributed by atoms with Crippen LogP contribution in [0.25, 0.3) is 5.69 Å². The van der Waals surface area contributed by atoms with Crippen molar-refractivity contribution in [2.45, 2.75) is 24.5 Å². The average Bonchev–Trinajstić information content (AvgIpc) is 3.11. The van der Waals surface area contributed by atoms with Gasteiger partial charge in [-0.05, 0) is 47.7 Å². The van der Waals surface area contributed by atoms with E-state index in [-0.39, 0.29) is 30.0 Å². The molecule has 2 aromatic carbocycles. The molecule has 29 heavy (non-hydrogen) atoms. The molecule has 0 fully saturated rings. The van der Waals surface area contributed by atoms with E-state index in [1.54, 1.807) is 35.2 Å². The number of nitrogens with zero attached hydrogens (tertiary/aromatic N) is 5. The van der Waals surface area contributed by atoms with Gasteiger partial charge in [0.05, 0.1) is 22.8 Å². The molecule has 0 aliphatic carbocycles. The van der Waals surface area contributed by atoms with Crippen LogP contribution in [0.2, 0.25) is 0 Å². The predicted molar refractivity (Wildman–Crippen MR) is 106 cm³/mol. The minimum absolute atomic E-state index is 0.0581. The maximum Gasteiger partial charge on any atom is 0.237 e. The molecule has 1 aromatic heterocycles. The van der Waals surface area contributed by atoms with Crippen molar-refractivity contribution in [3.05, 3.63) is 54.3 Å². The lowest BCUT2D eigenvalue weighted by molar-refractivity contribution is -0.117. The molecular weight excluding hydrogens is 395 g/mol. The number of carbonyl (C=O) groups is 2. The Morgan fingerprint density at radius 3 is 2.93 bits per heavy atom. The van der Waals surface area contributed by atoms with E-state index in [9.17, 15) is 14.0 Å².